The molecule has 1 aromatic carbocycles. The fourth-order valence-corrected chi connectivity index (χ4v) is 2.47. The van der Waals surface area contributed by atoms with Crippen molar-refractivity contribution in [3.63, 3.8) is 0 Å². The van der Waals surface area contributed by atoms with Gasteiger partial charge in [0.2, 0.25) is 0 Å². The van der Waals surface area contributed by atoms with E-state index in [1.807, 2.05) is 0 Å². The van der Waals surface area contributed by atoms with E-state index < -0.39 is 0 Å². The van der Waals surface area contributed by atoms with E-state index in [-0.39, 0.29) is 5.78 Å². The quantitative estimate of drug-likeness (QED) is 0.622. The van der Waals surface area contributed by atoms with Crippen molar-refractivity contribution in [2.75, 3.05) is 41.0 Å². The topological polar surface area (TPSA) is 48.0 Å². The second-order valence-corrected chi connectivity index (χ2v) is 5.11. The van der Waals surface area contributed by atoms with Crippen LogP contribution in [0.15, 0.2) is 12.1 Å². The molecule has 0 aliphatic carbocycles. The predicted octanol–water partition coefficient (Wildman–Crippen LogP) is 3.02. The van der Waals surface area contributed by atoms with Gasteiger partial charge >= 0.3 is 0 Å². The Bertz CT molecular complexity index is 457. The molecule has 1 aromatic rings. The van der Waals surface area contributed by atoms with E-state index in [1.165, 1.54) is 0 Å². The van der Waals surface area contributed by atoms with Crippen molar-refractivity contribution in [3.8, 4) is 17.2 Å². The number of carbonyl (C=O) groups excluding carboxylic acids is 1. The Morgan fingerprint density at radius 1 is 0.955 bits per heavy atom. The van der Waals surface area contributed by atoms with Gasteiger partial charge in [-0.25, -0.2) is 0 Å². The molecule has 0 aliphatic rings. The summed E-state index contributed by atoms with van der Waals surface area (Å²) in [7, 11) is 4.65. The second-order valence-electron chi connectivity index (χ2n) is 5.11. The highest BCUT2D eigenvalue weighted by Crippen LogP contribution is 2.34. The summed E-state index contributed by atoms with van der Waals surface area (Å²) in [4.78, 5) is 14.9. The zero-order chi connectivity index (χ0) is 16.5. The minimum Gasteiger partial charge on any atom is -0.496 e. The third-order valence-electron chi connectivity index (χ3n) is 3.44. The largest absolute Gasteiger partial charge is 0.496 e. The van der Waals surface area contributed by atoms with E-state index >= 15 is 0 Å². The number of methoxy groups -OCH3 is 3. The second kappa shape index (κ2) is 9.30. The minimum atomic E-state index is -0.00162. The summed E-state index contributed by atoms with van der Waals surface area (Å²) >= 11 is 0. The molecule has 5 heteroatoms. The maximum absolute atomic E-state index is 12.7. The standard InChI is InChI=1S/C17H27NO4/c1-6-8-18(9-7-2)12-14(19)17-15(21-4)10-13(20-3)11-16(17)22-5/h10-11H,6-9,12H2,1-5H3. The molecule has 124 valence electrons. The van der Waals surface area contributed by atoms with Crippen LogP contribution in [-0.2, 0) is 0 Å². The molecule has 0 saturated heterocycles. The van der Waals surface area contributed by atoms with Gasteiger partial charge in [0, 0.05) is 12.1 Å². The van der Waals surface area contributed by atoms with Gasteiger partial charge < -0.3 is 14.2 Å². The normalized spacial score (nSPS) is 10.6. The maximum atomic E-state index is 12.7. The van der Waals surface area contributed by atoms with E-state index in [1.54, 1.807) is 33.5 Å². The Balaban J connectivity index is 3.09. The van der Waals surface area contributed by atoms with Gasteiger partial charge in [-0.3, -0.25) is 9.69 Å². The van der Waals surface area contributed by atoms with Gasteiger partial charge in [-0.05, 0) is 25.9 Å². The Labute approximate surface area is 133 Å². The molecule has 0 heterocycles. The Morgan fingerprint density at radius 2 is 1.45 bits per heavy atom. The summed E-state index contributed by atoms with van der Waals surface area (Å²) in [5, 5.41) is 0. The molecule has 0 spiro atoms. The molecule has 0 aliphatic heterocycles. The minimum absolute atomic E-state index is 0.00162. The van der Waals surface area contributed by atoms with Crippen LogP contribution in [-0.4, -0.2) is 51.6 Å². The molecule has 0 radical (unpaired) electrons. The number of Topliss-reactive ketones (excluding diaryl/α,β-unsaturated/α-hetero) is 1. The average Bonchev–Trinajstić information content (AvgIpc) is 2.53. The number of hydrogen-bond donors (Lipinski definition) is 0. The molecule has 0 aromatic heterocycles. The molecule has 0 atom stereocenters. The van der Waals surface area contributed by atoms with Gasteiger partial charge in [0.25, 0.3) is 0 Å². The zero-order valence-corrected chi connectivity index (χ0v) is 14.3. The fraction of sp³-hybridized carbons (Fsp3) is 0.588. The van der Waals surface area contributed by atoms with Crippen LogP contribution in [0.3, 0.4) is 0 Å². The molecule has 0 fully saturated rings. The van der Waals surface area contributed by atoms with Gasteiger partial charge in [-0.15, -0.1) is 0 Å². The Hall–Kier alpha value is -1.75. The monoisotopic (exact) mass is 309 g/mol. The molecular weight excluding hydrogens is 282 g/mol. The highest BCUT2D eigenvalue weighted by Gasteiger charge is 2.22. The lowest BCUT2D eigenvalue weighted by molar-refractivity contribution is 0.0924. The first kappa shape index (κ1) is 18.3. The summed E-state index contributed by atoms with van der Waals surface area (Å²) in [6.07, 6.45) is 2.04. The van der Waals surface area contributed by atoms with Crippen molar-refractivity contribution >= 4 is 5.78 Å². The molecule has 0 N–H and O–H groups in total. The van der Waals surface area contributed by atoms with Crippen molar-refractivity contribution < 1.29 is 19.0 Å². The van der Waals surface area contributed by atoms with Crippen molar-refractivity contribution in [3.05, 3.63) is 17.7 Å². The number of ether oxygens (including phenoxy) is 3. The number of rotatable bonds is 10. The van der Waals surface area contributed by atoms with Crippen LogP contribution in [0.2, 0.25) is 0 Å². The van der Waals surface area contributed by atoms with Gasteiger partial charge in [-0.1, -0.05) is 13.8 Å². The highest BCUT2D eigenvalue weighted by molar-refractivity contribution is 6.03. The predicted molar refractivity (Wildman–Crippen MR) is 87.5 cm³/mol. The van der Waals surface area contributed by atoms with E-state index in [2.05, 4.69) is 18.7 Å². The Kier molecular flexibility index (Phi) is 7.74. The molecule has 0 unspecified atom stereocenters. The number of carbonyl (C=O) groups is 1. The van der Waals surface area contributed by atoms with E-state index in [9.17, 15) is 4.79 Å². The molecular formula is C17H27NO4. The first-order valence-electron chi connectivity index (χ1n) is 7.66. The molecule has 22 heavy (non-hydrogen) atoms. The molecule has 0 amide bonds. The molecule has 5 nitrogen and oxygen atoms in total. The number of benzene rings is 1. The van der Waals surface area contributed by atoms with Crippen LogP contribution in [0.4, 0.5) is 0 Å². The summed E-state index contributed by atoms with van der Waals surface area (Å²) in [5.41, 5.74) is 0.475. The fourth-order valence-electron chi connectivity index (χ4n) is 2.47. The highest BCUT2D eigenvalue weighted by atomic mass is 16.5. The van der Waals surface area contributed by atoms with Crippen molar-refractivity contribution in [2.45, 2.75) is 26.7 Å². The van der Waals surface area contributed by atoms with Crippen molar-refractivity contribution in [2.24, 2.45) is 0 Å². The van der Waals surface area contributed by atoms with Crippen LogP contribution in [0, 0.1) is 0 Å². The van der Waals surface area contributed by atoms with Crippen LogP contribution in [0.25, 0.3) is 0 Å². The summed E-state index contributed by atoms with van der Waals surface area (Å²) in [6, 6.07) is 3.42. The number of nitrogens with zero attached hydrogens (tertiary/aromatic N) is 1. The van der Waals surface area contributed by atoms with Gasteiger partial charge in [0.15, 0.2) is 5.78 Å². The smallest absolute Gasteiger partial charge is 0.184 e. The summed E-state index contributed by atoms with van der Waals surface area (Å²) in [5.74, 6) is 1.56. The SMILES string of the molecule is CCCN(CCC)CC(=O)c1c(OC)cc(OC)cc1OC. The molecule has 0 bridgehead atoms. The van der Waals surface area contributed by atoms with Crippen molar-refractivity contribution in [1.29, 1.82) is 0 Å². The molecule has 0 saturated carbocycles. The summed E-state index contributed by atoms with van der Waals surface area (Å²) < 4.78 is 15.9. The average molecular weight is 309 g/mol. The third-order valence-corrected chi connectivity index (χ3v) is 3.44. The lowest BCUT2D eigenvalue weighted by Crippen LogP contribution is -2.31. The van der Waals surface area contributed by atoms with Gasteiger partial charge in [0.05, 0.1) is 27.9 Å². The maximum Gasteiger partial charge on any atom is 0.184 e. The van der Waals surface area contributed by atoms with Gasteiger partial charge in [-0.2, -0.15) is 0 Å². The van der Waals surface area contributed by atoms with Gasteiger partial charge in [0.1, 0.15) is 22.8 Å². The first-order valence-corrected chi connectivity index (χ1v) is 7.66. The molecule has 1 rings (SSSR count). The lowest BCUT2D eigenvalue weighted by atomic mass is 10.1. The Morgan fingerprint density at radius 3 is 1.82 bits per heavy atom. The van der Waals surface area contributed by atoms with Crippen LogP contribution in [0.5, 0.6) is 17.2 Å². The summed E-state index contributed by atoms with van der Waals surface area (Å²) in [6.45, 7) is 6.39. The third kappa shape index (κ3) is 4.63. The lowest BCUT2D eigenvalue weighted by Gasteiger charge is -2.21. The zero-order valence-electron chi connectivity index (χ0n) is 14.3. The van der Waals surface area contributed by atoms with Crippen LogP contribution >= 0.6 is 0 Å². The van der Waals surface area contributed by atoms with E-state index in [0.29, 0.717) is 29.4 Å². The van der Waals surface area contributed by atoms with Crippen LogP contribution < -0.4 is 14.2 Å². The van der Waals surface area contributed by atoms with E-state index in [0.717, 1.165) is 25.9 Å². The van der Waals surface area contributed by atoms with E-state index in [4.69, 9.17) is 14.2 Å². The van der Waals surface area contributed by atoms with Crippen LogP contribution in [0.1, 0.15) is 37.0 Å². The first-order chi connectivity index (χ1) is 10.6. The number of hydrogen-bond acceptors (Lipinski definition) is 5. The number of ketones is 1. The van der Waals surface area contributed by atoms with Crippen molar-refractivity contribution in [1.82, 2.24) is 4.90 Å².